The molecule has 0 radical (unpaired) electrons. The minimum atomic E-state index is -0.633. The van der Waals surface area contributed by atoms with E-state index in [1.54, 1.807) is 37.6 Å². The molecule has 1 amide bonds. The van der Waals surface area contributed by atoms with Crippen LogP contribution in [0.1, 0.15) is 24.6 Å². The Hall–Kier alpha value is -2.83. The second kappa shape index (κ2) is 6.74. The van der Waals surface area contributed by atoms with Crippen molar-refractivity contribution in [1.29, 1.82) is 0 Å². The lowest BCUT2D eigenvalue weighted by molar-refractivity contribution is -0.125. The predicted molar refractivity (Wildman–Crippen MR) is 90.3 cm³/mol. The number of hydrogen-bond donors (Lipinski definition) is 1. The van der Waals surface area contributed by atoms with E-state index in [0.29, 0.717) is 12.1 Å². The van der Waals surface area contributed by atoms with Gasteiger partial charge >= 0.3 is 0 Å². The Balaban J connectivity index is 1.63. The average molecular weight is 328 g/mol. The predicted octanol–water partition coefficient (Wildman–Crippen LogP) is 2.35. The number of methoxy groups -OCH3 is 1. The highest BCUT2D eigenvalue weighted by Crippen LogP contribution is 2.21. The minimum Gasteiger partial charge on any atom is -0.497 e. The molecule has 0 saturated carbocycles. The number of carbonyl (C=O) groups is 1. The largest absolute Gasteiger partial charge is 0.497 e. The van der Waals surface area contributed by atoms with Crippen LogP contribution in [0.4, 0.5) is 5.69 Å². The van der Waals surface area contributed by atoms with Crippen LogP contribution < -0.4 is 10.1 Å². The van der Waals surface area contributed by atoms with Crippen LogP contribution in [0.15, 0.2) is 35.6 Å². The maximum absolute atomic E-state index is 12.3. The first-order valence-electron chi connectivity index (χ1n) is 7.82. The lowest BCUT2D eigenvalue weighted by Crippen LogP contribution is -2.28. The van der Waals surface area contributed by atoms with Crippen molar-refractivity contribution in [2.45, 2.75) is 32.9 Å². The SMILES string of the molecule is CCn1ncc(C2=NO[C@H](C(=O)Nc3ccc(OC)cc3)C2)c1C. The Morgan fingerprint density at radius 3 is 2.79 bits per heavy atom. The first-order chi connectivity index (χ1) is 11.6. The Labute approximate surface area is 140 Å². The fraction of sp³-hybridized carbons (Fsp3) is 0.353. The average Bonchev–Trinajstić information content (AvgIpc) is 3.22. The van der Waals surface area contributed by atoms with Gasteiger partial charge in [-0.25, -0.2) is 0 Å². The number of rotatable bonds is 5. The zero-order valence-electron chi connectivity index (χ0n) is 13.9. The van der Waals surface area contributed by atoms with Crippen molar-refractivity contribution in [1.82, 2.24) is 9.78 Å². The van der Waals surface area contributed by atoms with E-state index in [1.807, 2.05) is 18.5 Å². The molecular weight excluding hydrogens is 308 g/mol. The zero-order chi connectivity index (χ0) is 17.1. The molecule has 0 unspecified atom stereocenters. The molecule has 1 aromatic heterocycles. The van der Waals surface area contributed by atoms with Gasteiger partial charge in [-0.2, -0.15) is 5.10 Å². The van der Waals surface area contributed by atoms with Gasteiger partial charge in [0.05, 0.1) is 19.0 Å². The Bertz CT molecular complexity index is 765. The van der Waals surface area contributed by atoms with Crippen molar-refractivity contribution in [2.75, 3.05) is 12.4 Å². The molecule has 0 spiro atoms. The molecule has 1 aliphatic rings. The number of benzene rings is 1. The van der Waals surface area contributed by atoms with Gasteiger partial charge in [0.15, 0.2) is 0 Å². The van der Waals surface area contributed by atoms with Crippen LogP contribution in [0.25, 0.3) is 0 Å². The number of anilines is 1. The smallest absolute Gasteiger partial charge is 0.268 e. The first-order valence-corrected chi connectivity index (χ1v) is 7.82. The van der Waals surface area contributed by atoms with Crippen LogP contribution in [0, 0.1) is 6.92 Å². The summed E-state index contributed by atoms with van der Waals surface area (Å²) < 4.78 is 6.99. The fourth-order valence-electron chi connectivity index (χ4n) is 2.62. The van der Waals surface area contributed by atoms with Crippen LogP contribution >= 0.6 is 0 Å². The molecule has 3 rings (SSSR count). The summed E-state index contributed by atoms with van der Waals surface area (Å²) in [6.07, 6.45) is 1.56. The number of ether oxygens (including phenoxy) is 1. The molecule has 0 fully saturated rings. The highest BCUT2D eigenvalue weighted by atomic mass is 16.6. The van der Waals surface area contributed by atoms with E-state index in [4.69, 9.17) is 9.57 Å². The number of nitrogens with zero attached hydrogens (tertiary/aromatic N) is 3. The summed E-state index contributed by atoms with van der Waals surface area (Å²) in [4.78, 5) is 17.6. The number of hydrogen-bond acceptors (Lipinski definition) is 5. The van der Waals surface area contributed by atoms with Gasteiger partial charge in [-0.3, -0.25) is 9.48 Å². The molecule has 1 aromatic carbocycles. The lowest BCUT2D eigenvalue weighted by Gasteiger charge is -2.10. The third kappa shape index (κ3) is 3.10. The Morgan fingerprint density at radius 1 is 1.42 bits per heavy atom. The summed E-state index contributed by atoms with van der Waals surface area (Å²) in [6.45, 7) is 4.81. The molecule has 7 heteroatoms. The van der Waals surface area contributed by atoms with E-state index in [0.717, 1.165) is 29.3 Å². The summed E-state index contributed by atoms with van der Waals surface area (Å²) in [5.74, 6) is 0.513. The second-order valence-corrected chi connectivity index (χ2v) is 5.51. The molecule has 0 aliphatic carbocycles. The first kappa shape index (κ1) is 16.0. The maximum atomic E-state index is 12.3. The van der Waals surface area contributed by atoms with Gasteiger partial charge in [0, 0.05) is 29.9 Å². The summed E-state index contributed by atoms with van der Waals surface area (Å²) in [5.41, 5.74) is 3.39. The Morgan fingerprint density at radius 2 is 2.17 bits per heavy atom. The van der Waals surface area contributed by atoms with Crippen molar-refractivity contribution in [2.24, 2.45) is 5.16 Å². The highest BCUT2D eigenvalue weighted by Gasteiger charge is 2.30. The maximum Gasteiger partial charge on any atom is 0.268 e. The van der Waals surface area contributed by atoms with E-state index >= 15 is 0 Å². The molecule has 1 N–H and O–H groups in total. The molecule has 7 nitrogen and oxygen atoms in total. The highest BCUT2D eigenvalue weighted by molar-refractivity contribution is 6.06. The number of aromatic nitrogens is 2. The summed E-state index contributed by atoms with van der Waals surface area (Å²) in [6, 6.07) is 7.14. The van der Waals surface area contributed by atoms with E-state index < -0.39 is 6.10 Å². The molecular formula is C17H20N4O3. The van der Waals surface area contributed by atoms with E-state index in [-0.39, 0.29) is 5.91 Å². The zero-order valence-corrected chi connectivity index (χ0v) is 13.9. The van der Waals surface area contributed by atoms with Gasteiger partial charge in [0.25, 0.3) is 5.91 Å². The second-order valence-electron chi connectivity index (χ2n) is 5.51. The lowest BCUT2D eigenvalue weighted by atomic mass is 10.1. The van der Waals surface area contributed by atoms with Crippen molar-refractivity contribution in [3.63, 3.8) is 0 Å². The van der Waals surface area contributed by atoms with Gasteiger partial charge in [0.1, 0.15) is 5.75 Å². The summed E-state index contributed by atoms with van der Waals surface area (Å²) in [7, 11) is 1.60. The van der Waals surface area contributed by atoms with Gasteiger partial charge in [-0.15, -0.1) is 0 Å². The van der Waals surface area contributed by atoms with Crippen LogP contribution in [-0.4, -0.2) is 34.6 Å². The summed E-state index contributed by atoms with van der Waals surface area (Å²) in [5, 5.41) is 11.2. The molecule has 126 valence electrons. The van der Waals surface area contributed by atoms with Crippen LogP contribution in [-0.2, 0) is 16.2 Å². The molecule has 0 saturated heterocycles. The number of carbonyl (C=O) groups excluding carboxylic acids is 1. The monoisotopic (exact) mass is 328 g/mol. The van der Waals surface area contributed by atoms with Crippen LogP contribution in [0.3, 0.4) is 0 Å². The number of oxime groups is 1. The molecule has 2 heterocycles. The normalized spacial score (nSPS) is 16.5. The number of aryl methyl sites for hydroxylation is 1. The third-order valence-corrected chi connectivity index (χ3v) is 4.03. The van der Waals surface area contributed by atoms with Crippen molar-refractivity contribution in [3.8, 4) is 5.75 Å². The molecule has 1 atom stereocenters. The van der Waals surface area contributed by atoms with Gasteiger partial charge in [-0.05, 0) is 38.1 Å². The van der Waals surface area contributed by atoms with Crippen molar-refractivity contribution >= 4 is 17.3 Å². The van der Waals surface area contributed by atoms with E-state index in [1.165, 1.54) is 0 Å². The quantitative estimate of drug-likeness (QED) is 0.914. The molecule has 2 aromatic rings. The van der Waals surface area contributed by atoms with Crippen molar-refractivity contribution in [3.05, 3.63) is 41.7 Å². The van der Waals surface area contributed by atoms with E-state index in [9.17, 15) is 4.79 Å². The van der Waals surface area contributed by atoms with E-state index in [2.05, 4.69) is 15.6 Å². The minimum absolute atomic E-state index is 0.223. The van der Waals surface area contributed by atoms with Crippen LogP contribution in [0.5, 0.6) is 5.75 Å². The third-order valence-electron chi connectivity index (χ3n) is 4.03. The molecule has 1 aliphatic heterocycles. The topological polar surface area (TPSA) is 77.7 Å². The fourth-order valence-corrected chi connectivity index (χ4v) is 2.62. The Kier molecular flexibility index (Phi) is 4.50. The summed E-state index contributed by atoms with van der Waals surface area (Å²) >= 11 is 0. The number of nitrogens with one attached hydrogen (secondary N) is 1. The number of amides is 1. The van der Waals surface area contributed by atoms with Crippen molar-refractivity contribution < 1.29 is 14.4 Å². The van der Waals surface area contributed by atoms with Gasteiger partial charge in [-0.1, -0.05) is 5.16 Å². The molecule has 0 bridgehead atoms. The van der Waals surface area contributed by atoms with Gasteiger partial charge in [0.2, 0.25) is 6.10 Å². The van der Waals surface area contributed by atoms with Gasteiger partial charge < -0.3 is 14.9 Å². The standard InChI is InChI=1S/C17H20N4O3/c1-4-21-11(2)14(10-18-21)15-9-16(24-20-15)17(22)19-12-5-7-13(23-3)8-6-12/h5-8,10,16H,4,9H2,1-3H3,(H,19,22)/t16-/m0/s1. The molecule has 24 heavy (non-hydrogen) atoms. The van der Waals surface area contributed by atoms with Crippen LogP contribution in [0.2, 0.25) is 0 Å².